The number of pyridine rings is 1. The van der Waals surface area contributed by atoms with E-state index in [4.69, 9.17) is 23.2 Å². The van der Waals surface area contributed by atoms with Crippen LogP contribution in [0.5, 0.6) is 0 Å². The van der Waals surface area contributed by atoms with Gasteiger partial charge in [0.25, 0.3) is 0 Å². The molecule has 4 heteroatoms. The smallest absolute Gasteiger partial charge is 0.122 e. The van der Waals surface area contributed by atoms with Crippen LogP contribution in [0.1, 0.15) is 29.5 Å². The van der Waals surface area contributed by atoms with Crippen molar-refractivity contribution in [2.75, 3.05) is 5.73 Å². The van der Waals surface area contributed by atoms with Crippen molar-refractivity contribution in [3.63, 3.8) is 0 Å². The van der Waals surface area contributed by atoms with Gasteiger partial charge in [-0.25, -0.2) is 0 Å². The van der Waals surface area contributed by atoms with Crippen LogP contribution < -0.4 is 5.73 Å². The Kier molecular flexibility index (Phi) is 2.49. The molecule has 2 rings (SSSR count). The molecule has 0 amide bonds. The van der Waals surface area contributed by atoms with Crippen LogP contribution in [-0.4, -0.2) is 4.57 Å². The minimum atomic E-state index is 0.503. The number of fused-ring (bicyclic) bond motifs is 1. The minimum absolute atomic E-state index is 0.503. The number of hydrogen-bond donors (Lipinski definition) is 1. The molecule has 2 N–H and O–H groups in total. The quantitative estimate of drug-likeness (QED) is 0.680. The van der Waals surface area contributed by atoms with E-state index in [1.54, 1.807) is 4.57 Å². The lowest BCUT2D eigenvalue weighted by Crippen LogP contribution is -2.15. The molecule has 0 unspecified atom stereocenters. The zero-order chi connectivity index (χ0) is 11.0. The van der Waals surface area contributed by atoms with Crippen molar-refractivity contribution < 1.29 is 0 Å². The molecule has 78 valence electrons. The average Bonchev–Trinajstić information content (AvgIpc) is 2.27. The van der Waals surface area contributed by atoms with Gasteiger partial charge in [0.15, 0.2) is 0 Å². The molecule has 15 heavy (non-hydrogen) atoms. The van der Waals surface area contributed by atoms with Crippen LogP contribution in [-0.2, 0) is 19.9 Å². The van der Waals surface area contributed by atoms with Gasteiger partial charge in [-0.15, -0.1) is 0 Å². The van der Waals surface area contributed by atoms with E-state index in [0.717, 1.165) is 41.5 Å². The van der Waals surface area contributed by atoms with E-state index < -0.39 is 0 Å². The van der Waals surface area contributed by atoms with Crippen LogP contribution in [0.4, 0.5) is 5.82 Å². The standard InChI is InChI=1S/C11H13N3S/c1-14-10(13)9(6-12)7-4-2-3-5-8(7)11(14)15/h2-5,13H2,1H3. The molecular weight excluding hydrogens is 206 g/mol. The Morgan fingerprint density at radius 2 is 1.93 bits per heavy atom. The van der Waals surface area contributed by atoms with Gasteiger partial charge in [0.2, 0.25) is 0 Å². The van der Waals surface area contributed by atoms with Crippen molar-refractivity contribution in [3.05, 3.63) is 21.3 Å². The van der Waals surface area contributed by atoms with E-state index in [0.29, 0.717) is 11.4 Å². The Morgan fingerprint density at radius 1 is 1.33 bits per heavy atom. The van der Waals surface area contributed by atoms with Gasteiger partial charge in [-0.3, -0.25) is 0 Å². The zero-order valence-electron chi connectivity index (χ0n) is 8.71. The van der Waals surface area contributed by atoms with Gasteiger partial charge < -0.3 is 10.3 Å². The fourth-order valence-corrected chi connectivity index (χ4v) is 2.50. The van der Waals surface area contributed by atoms with Crippen LogP contribution >= 0.6 is 12.2 Å². The van der Waals surface area contributed by atoms with E-state index in [9.17, 15) is 0 Å². The number of hydrogen-bond acceptors (Lipinski definition) is 3. The number of nitriles is 1. The van der Waals surface area contributed by atoms with Crippen molar-refractivity contribution >= 4 is 18.0 Å². The summed E-state index contributed by atoms with van der Waals surface area (Å²) in [4.78, 5) is 0. The second-order valence-corrected chi connectivity index (χ2v) is 4.29. The molecule has 1 aromatic heterocycles. The van der Waals surface area contributed by atoms with E-state index in [-0.39, 0.29) is 0 Å². The molecule has 1 aromatic rings. The Balaban J connectivity index is 2.84. The Hall–Kier alpha value is -1.34. The average molecular weight is 219 g/mol. The molecule has 0 saturated carbocycles. The number of rotatable bonds is 0. The number of nitrogen functional groups attached to an aromatic ring is 1. The van der Waals surface area contributed by atoms with Gasteiger partial charge >= 0.3 is 0 Å². The van der Waals surface area contributed by atoms with Crippen LogP contribution in [0.2, 0.25) is 0 Å². The normalized spacial score (nSPS) is 14.4. The molecular formula is C11H13N3S. The summed E-state index contributed by atoms with van der Waals surface area (Å²) in [5.41, 5.74) is 8.76. The van der Waals surface area contributed by atoms with E-state index in [2.05, 4.69) is 6.07 Å². The highest BCUT2D eigenvalue weighted by Gasteiger charge is 2.19. The SMILES string of the molecule is Cn1c(N)c(C#N)c2c(c1=S)CCCC2. The highest BCUT2D eigenvalue weighted by atomic mass is 32.1. The maximum atomic E-state index is 9.11. The number of nitrogens with two attached hydrogens (primary N) is 1. The monoisotopic (exact) mass is 219 g/mol. The van der Waals surface area contributed by atoms with Crippen molar-refractivity contribution in [1.82, 2.24) is 4.57 Å². The molecule has 0 aliphatic heterocycles. The third-order valence-corrected chi connectivity index (χ3v) is 3.58. The zero-order valence-corrected chi connectivity index (χ0v) is 9.52. The van der Waals surface area contributed by atoms with E-state index >= 15 is 0 Å². The van der Waals surface area contributed by atoms with Gasteiger partial charge in [0, 0.05) is 7.05 Å². The summed E-state index contributed by atoms with van der Waals surface area (Å²) in [5.74, 6) is 0.503. The summed E-state index contributed by atoms with van der Waals surface area (Å²) in [6.45, 7) is 0. The topological polar surface area (TPSA) is 54.7 Å². The number of anilines is 1. The molecule has 0 fully saturated rings. The molecule has 1 aliphatic carbocycles. The molecule has 0 bridgehead atoms. The predicted molar refractivity (Wildman–Crippen MR) is 62.0 cm³/mol. The summed E-state index contributed by atoms with van der Waals surface area (Å²) < 4.78 is 2.54. The molecule has 0 radical (unpaired) electrons. The van der Waals surface area contributed by atoms with Gasteiger partial charge in [-0.2, -0.15) is 5.26 Å². The number of aromatic nitrogens is 1. The van der Waals surface area contributed by atoms with E-state index in [1.807, 2.05) is 7.05 Å². The highest BCUT2D eigenvalue weighted by Crippen LogP contribution is 2.28. The molecule has 0 spiro atoms. The molecule has 3 nitrogen and oxygen atoms in total. The van der Waals surface area contributed by atoms with Crippen LogP contribution in [0.25, 0.3) is 0 Å². The Morgan fingerprint density at radius 3 is 2.53 bits per heavy atom. The second kappa shape index (κ2) is 3.67. The molecule has 0 aromatic carbocycles. The van der Waals surface area contributed by atoms with Crippen LogP contribution in [0.15, 0.2) is 0 Å². The minimum Gasteiger partial charge on any atom is -0.384 e. The second-order valence-electron chi connectivity index (χ2n) is 3.90. The predicted octanol–water partition coefficient (Wildman–Crippen LogP) is 2.09. The maximum Gasteiger partial charge on any atom is 0.122 e. The molecule has 0 atom stereocenters. The lowest BCUT2D eigenvalue weighted by atomic mass is 9.90. The fraction of sp³-hybridized carbons (Fsp3) is 0.455. The van der Waals surface area contributed by atoms with Gasteiger partial charge in [0.1, 0.15) is 16.5 Å². The van der Waals surface area contributed by atoms with Crippen molar-refractivity contribution in [3.8, 4) is 6.07 Å². The highest BCUT2D eigenvalue weighted by molar-refractivity contribution is 7.71. The summed E-state index contributed by atoms with van der Waals surface area (Å²) in [7, 11) is 1.83. The first kappa shape index (κ1) is 10.2. The molecule has 0 saturated heterocycles. The summed E-state index contributed by atoms with van der Waals surface area (Å²) in [6.07, 6.45) is 4.21. The fourth-order valence-electron chi connectivity index (χ4n) is 2.18. The van der Waals surface area contributed by atoms with Gasteiger partial charge in [0.05, 0.1) is 5.56 Å². The van der Waals surface area contributed by atoms with Crippen molar-refractivity contribution in [1.29, 1.82) is 5.26 Å². The first-order valence-corrected chi connectivity index (χ1v) is 5.48. The maximum absolute atomic E-state index is 9.11. The summed E-state index contributed by atoms with van der Waals surface area (Å²) >= 11 is 5.35. The molecule has 1 heterocycles. The Bertz CT molecular complexity index is 508. The van der Waals surface area contributed by atoms with Gasteiger partial charge in [-0.1, -0.05) is 12.2 Å². The first-order chi connectivity index (χ1) is 7.16. The third-order valence-electron chi connectivity index (χ3n) is 3.06. The van der Waals surface area contributed by atoms with Crippen LogP contribution in [0.3, 0.4) is 0 Å². The first-order valence-electron chi connectivity index (χ1n) is 5.07. The van der Waals surface area contributed by atoms with Crippen molar-refractivity contribution in [2.24, 2.45) is 7.05 Å². The van der Waals surface area contributed by atoms with Gasteiger partial charge in [-0.05, 0) is 36.8 Å². The lowest BCUT2D eigenvalue weighted by Gasteiger charge is -2.20. The summed E-state index contributed by atoms with van der Waals surface area (Å²) in [6, 6.07) is 2.20. The van der Waals surface area contributed by atoms with Crippen LogP contribution in [0, 0.1) is 16.0 Å². The third kappa shape index (κ3) is 1.44. The largest absolute Gasteiger partial charge is 0.384 e. The van der Waals surface area contributed by atoms with E-state index in [1.165, 1.54) is 0 Å². The Labute approximate surface area is 94.1 Å². The molecule has 1 aliphatic rings. The van der Waals surface area contributed by atoms with Crippen molar-refractivity contribution in [2.45, 2.75) is 25.7 Å². The lowest BCUT2D eigenvalue weighted by molar-refractivity contribution is 0.669. The number of nitrogens with zero attached hydrogens (tertiary/aromatic N) is 2. The summed E-state index contributed by atoms with van der Waals surface area (Å²) in [5, 5.41) is 9.11.